The van der Waals surface area contributed by atoms with Gasteiger partial charge in [0.05, 0.1) is 17.1 Å². The highest BCUT2D eigenvalue weighted by Gasteiger charge is 2.75. The van der Waals surface area contributed by atoms with Crippen LogP contribution >= 0.6 is 0 Å². The van der Waals surface area contributed by atoms with Crippen LogP contribution in [0, 0.1) is 34.0 Å². The molecule has 1 N–H and O–H groups in total. The molecule has 1 spiro atoms. The maximum atomic E-state index is 13.8. The minimum absolute atomic E-state index is 0.0362. The van der Waals surface area contributed by atoms with Crippen LogP contribution in [0.1, 0.15) is 63.2 Å². The Balaban J connectivity index is 1.64. The molecule has 4 fully saturated rings. The second-order valence-corrected chi connectivity index (χ2v) is 11.2. The normalized spacial score (nSPS) is 42.2. The lowest BCUT2D eigenvalue weighted by molar-refractivity contribution is -0.222. The lowest BCUT2D eigenvalue weighted by Crippen LogP contribution is -2.68. The topological polar surface area (TPSA) is 80.7 Å². The van der Waals surface area contributed by atoms with Gasteiger partial charge in [-0.15, -0.1) is 0 Å². The summed E-state index contributed by atoms with van der Waals surface area (Å²) in [7, 11) is 0. The molecule has 2 bridgehead atoms. The first-order chi connectivity index (χ1) is 15.1. The zero-order chi connectivity index (χ0) is 23.1. The van der Waals surface area contributed by atoms with Crippen molar-refractivity contribution in [2.24, 2.45) is 34.0 Å². The molecule has 1 aromatic rings. The molecule has 4 saturated carbocycles. The second kappa shape index (κ2) is 6.86. The third-order valence-corrected chi connectivity index (χ3v) is 9.66. The van der Waals surface area contributed by atoms with Crippen molar-refractivity contribution in [3.05, 3.63) is 48.0 Å². The molecule has 32 heavy (non-hydrogen) atoms. The molecule has 5 unspecified atom stereocenters. The summed E-state index contributed by atoms with van der Waals surface area (Å²) >= 11 is 0. The Morgan fingerprint density at radius 3 is 2.47 bits per heavy atom. The summed E-state index contributed by atoms with van der Waals surface area (Å²) in [4.78, 5) is 39.8. The van der Waals surface area contributed by atoms with Gasteiger partial charge in [0.1, 0.15) is 11.9 Å². The van der Waals surface area contributed by atoms with E-state index < -0.39 is 29.0 Å². The number of rotatable bonds is 2. The van der Waals surface area contributed by atoms with Gasteiger partial charge in [-0.2, -0.15) is 0 Å². The fraction of sp³-hybridized carbons (Fsp3) is 0.593. The van der Waals surface area contributed by atoms with Crippen molar-refractivity contribution in [3.8, 4) is 0 Å². The van der Waals surface area contributed by atoms with E-state index in [2.05, 4.69) is 13.5 Å². The number of carbonyl (C=O) groups is 3. The molecule has 7 atom stereocenters. The van der Waals surface area contributed by atoms with Crippen molar-refractivity contribution in [1.29, 1.82) is 0 Å². The Kier molecular flexibility index (Phi) is 4.63. The van der Waals surface area contributed by atoms with Gasteiger partial charge in [-0.25, -0.2) is 4.79 Å². The number of aliphatic hydroxyl groups is 1. The van der Waals surface area contributed by atoms with Crippen LogP contribution in [0.25, 0.3) is 0 Å². The van der Waals surface area contributed by atoms with Crippen molar-refractivity contribution >= 4 is 17.5 Å². The third-order valence-electron chi connectivity index (χ3n) is 9.66. The summed E-state index contributed by atoms with van der Waals surface area (Å²) in [6.07, 6.45) is 1.35. The molecule has 5 heteroatoms. The number of fused-ring (bicyclic) bond motifs is 3. The molecule has 0 radical (unpaired) electrons. The smallest absolute Gasteiger partial charge is 0.338 e. The number of hydrogen-bond acceptors (Lipinski definition) is 5. The van der Waals surface area contributed by atoms with Gasteiger partial charge >= 0.3 is 5.97 Å². The van der Waals surface area contributed by atoms with E-state index in [1.165, 1.54) is 0 Å². The van der Waals surface area contributed by atoms with E-state index in [4.69, 9.17) is 4.74 Å². The quantitative estimate of drug-likeness (QED) is 0.557. The van der Waals surface area contributed by atoms with Gasteiger partial charge in [0.15, 0.2) is 5.78 Å². The van der Waals surface area contributed by atoms with Crippen LogP contribution in [0.3, 0.4) is 0 Å². The summed E-state index contributed by atoms with van der Waals surface area (Å²) in [5, 5.41) is 11.5. The van der Waals surface area contributed by atoms with Gasteiger partial charge in [-0.3, -0.25) is 9.59 Å². The number of carbonyl (C=O) groups excluding carboxylic acids is 3. The molecule has 0 saturated heterocycles. The predicted molar refractivity (Wildman–Crippen MR) is 119 cm³/mol. The summed E-state index contributed by atoms with van der Waals surface area (Å²) in [5.41, 5.74) is -1.16. The summed E-state index contributed by atoms with van der Waals surface area (Å²) in [6, 6.07) is 8.74. The molecule has 170 valence electrons. The van der Waals surface area contributed by atoms with Crippen molar-refractivity contribution in [2.45, 2.75) is 65.1 Å². The average molecular weight is 437 g/mol. The van der Waals surface area contributed by atoms with Crippen LogP contribution in [0.5, 0.6) is 0 Å². The van der Waals surface area contributed by atoms with E-state index in [0.717, 1.165) is 6.42 Å². The average Bonchev–Trinajstić information content (AvgIpc) is 2.87. The summed E-state index contributed by atoms with van der Waals surface area (Å²) in [5.74, 6) is -0.890. The Bertz CT molecular complexity index is 1010. The maximum Gasteiger partial charge on any atom is 0.338 e. The summed E-state index contributed by atoms with van der Waals surface area (Å²) < 4.78 is 6.11. The zero-order valence-corrected chi connectivity index (χ0v) is 19.1. The van der Waals surface area contributed by atoms with E-state index in [1.54, 1.807) is 24.3 Å². The fourth-order valence-corrected chi connectivity index (χ4v) is 8.03. The van der Waals surface area contributed by atoms with Gasteiger partial charge in [-0.1, -0.05) is 45.5 Å². The number of Topliss-reactive ketones (excluding diaryl/α,β-unsaturated/α-hetero) is 2. The van der Waals surface area contributed by atoms with Crippen LogP contribution in [0.4, 0.5) is 0 Å². The molecular formula is C27H32O5. The third kappa shape index (κ3) is 2.52. The van der Waals surface area contributed by atoms with E-state index in [1.807, 2.05) is 19.9 Å². The highest BCUT2D eigenvalue weighted by atomic mass is 16.5. The van der Waals surface area contributed by atoms with Crippen LogP contribution in [0.15, 0.2) is 42.5 Å². The molecular weight excluding hydrogens is 404 g/mol. The first-order valence-electron chi connectivity index (χ1n) is 11.8. The van der Waals surface area contributed by atoms with E-state index >= 15 is 0 Å². The second-order valence-electron chi connectivity index (χ2n) is 11.2. The molecule has 0 aromatic heterocycles. The van der Waals surface area contributed by atoms with E-state index in [9.17, 15) is 19.5 Å². The molecule has 1 aromatic carbocycles. The highest BCUT2D eigenvalue weighted by Crippen LogP contribution is 2.71. The molecule has 0 heterocycles. The van der Waals surface area contributed by atoms with Gasteiger partial charge in [-0.05, 0) is 60.6 Å². The molecule has 0 amide bonds. The number of aliphatic hydroxyl groups excluding tert-OH is 1. The Morgan fingerprint density at radius 1 is 1.09 bits per heavy atom. The van der Waals surface area contributed by atoms with Crippen molar-refractivity contribution in [2.75, 3.05) is 0 Å². The number of benzene rings is 1. The van der Waals surface area contributed by atoms with Gasteiger partial charge in [0, 0.05) is 17.8 Å². The van der Waals surface area contributed by atoms with Crippen LogP contribution < -0.4 is 0 Å². The Labute approximate surface area is 189 Å². The zero-order valence-electron chi connectivity index (χ0n) is 19.1. The van der Waals surface area contributed by atoms with Crippen molar-refractivity contribution < 1.29 is 24.2 Å². The van der Waals surface area contributed by atoms with Crippen molar-refractivity contribution in [1.82, 2.24) is 0 Å². The predicted octanol–water partition coefficient (Wildman–Crippen LogP) is 4.14. The largest absolute Gasteiger partial charge is 0.458 e. The Hall–Kier alpha value is -2.27. The van der Waals surface area contributed by atoms with Gasteiger partial charge in [0.25, 0.3) is 0 Å². The van der Waals surface area contributed by atoms with Crippen molar-refractivity contribution in [3.63, 3.8) is 0 Å². The minimum atomic E-state index is -1.17. The molecule has 5 rings (SSSR count). The summed E-state index contributed by atoms with van der Waals surface area (Å²) in [6.45, 7) is 10.2. The number of ketones is 2. The van der Waals surface area contributed by atoms with Crippen LogP contribution in [-0.2, 0) is 14.3 Å². The van der Waals surface area contributed by atoms with E-state index in [-0.39, 0.29) is 34.7 Å². The lowest BCUT2D eigenvalue weighted by Gasteiger charge is -2.64. The SMILES string of the molecule is C=C1C(=O)C23C(OC(=O)c4ccccc4)C[C@@H]4C(C)(C)C(=O)CC[C@@]4(C)C2CCC1C3O. The Morgan fingerprint density at radius 2 is 1.78 bits per heavy atom. The number of esters is 1. The first kappa shape index (κ1) is 21.6. The monoisotopic (exact) mass is 436 g/mol. The minimum Gasteiger partial charge on any atom is -0.458 e. The highest BCUT2D eigenvalue weighted by molar-refractivity contribution is 6.05. The first-order valence-corrected chi connectivity index (χ1v) is 11.8. The standard InChI is InChI=1S/C27H32O5/c1-15-17-10-11-18-26(4)13-12-20(28)25(2,3)19(26)14-21(27(18,22(15)29)23(17)30)32-24(31)16-8-6-5-7-9-16/h5-9,17-19,21,23,30H,1,10-14H2,2-4H3/t17?,18?,19-,21?,23?,26+,27?/m1/s1. The van der Waals surface area contributed by atoms with Gasteiger partial charge < -0.3 is 9.84 Å². The van der Waals surface area contributed by atoms with Gasteiger partial charge in [0.2, 0.25) is 0 Å². The number of ether oxygens (including phenoxy) is 1. The lowest BCUT2D eigenvalue weighted by atomic mass is 9.39. The van der Waals surface area contributed by atoms with Crippen LogP contribution in [-0.4, -0.2) is 34.9 Å². The molecule has 4 aliphatic carbocycles. The van der Waals surface area contributed by atoms with Crippen LogP contribution in [0.2, 0.25) is 0 Å². The van der Waals surface area contributed by atoms with E-state index in [0.29, 0.717) is 36.8 Å². The fourth-order valence-electron chi connectivity index (χ4n) is 8.03. The number of hydrogen-bond donors (Lipinski definition) is 1. The molecule has 0 aliphatic heterocycles. The molecule has 5 nitrogen and oxygen atoms in total. The maximum absolute atomic E-state index is 13.8. The molecule has 4 aliphatic rings.